The van der Waals surface area contributed by atoms with Gasteiger partial charge in [0.05, 0.1) is 16.7 Å². The number of para-hydroxylation sites is 3. The average molecular weight is 822 g/mol. The molecule has 1 aliphatic heterocycles. The number of rotatable bonds is 6. The van der Waals surface area contributed by atoms with Crippen molar-refractivity contribution in [2.75, 3.05) is 0 Å². The number of fused-ring (bicyclic) bond motifs is 8. The lowest BCUT2D eigenvalue weighted by Crippen LogP contribution is -2.05. The van der Waals surface area contributed by atoms with Crippen LogP contribution in [0.2, 0.25) is 0 Å². The summed E-state index contributed by atoms with van der Waals surface area (Å²) in [6.07, 6.45) is 0. The van der Waals surface area contributed by atoms with Gasteiger partial charge >= 0.3 is 0 Å². The van der Waals surface area contributed by atoms with Gasteiger partial charge in [-0.2, -0.15) is 0 Å². The lowest BCUT2D eigenvalue weighted by Gasteiger charge is -2.21. The second kappa shape index (κ2) is 14.3. The van der Waals surface area contributed by atoms with Gasteiger partial charge in [0.2, 0.25) is 0 Å². The highest BCUT2D eigenvalue weighted by Crippen LogP contribution is 2.50. The SMILES string of the molecule is c1ccc(-c2nc(-c3ccc(-c4cccc5ccccc45)cc3)nc(-c3cccc(-c4ccc5c(c4)c4c6cccc7c6n(c4n5-c4ccccc4)-c4ccccc4S7)c3)n2)cc1. The van der Waals surface area contributed by atoms with Gasteiger partial charge in [-0.3, -0.25) is 9.13 Å². The molecule has 0 fully saturated rings. The van der Waals surface area contributed by atoms with Crippen LogP contribution in [0.1, 0.15) is 0 Å². The van der Waals surface area contributed by atoms with E-state index in [-0.39, 0.29) is 0 Å². The summed E-state index contributed by atoms with van der Waals surface area (Å²) in [4.78, 5) is 17.9. The van der Waals surface area contributed by atoms with E-state index in [4.69, 9.17) is 15.0 Å². The molecule has 9 aromatic carbocycles. The van der Waals surface area contributed by atoms with Crippen LogP contribution in [0.4, 0.5) is 0 Å². The Morgan fingerprint density at radius 1 is 0.365 bits per heavy atom. The third-order valence-corrected chi connectivity index (χ3v) is 13.5. The molecule has 0 atom stereocenters. The number of aromatic nitrogens is 5. The molecule has 13 rings (SSSR count). The van der Waals surface area contributed by atoms with Crippen molar-refractivity contribution < 1.29 is 0 Å². The lowest BCUT2D eigenvalue weighted by molar-refractivity contribution is 1.03. The van der Waals surface area contributed by atoms with E-state index in [2.05, 4.69) is 203 Å². The van der Waals surface area contributed by atoms with Crippen molar-refractivity contribution in [3.05, 3.63) is 212 Å². The van der Waals surface area contributed by atoms with Crippen LogP contribution >= 0.6 is 11.8 Å². The smallest absolute Gasteiger partial charge is 0.164 e. The molecule has 0 spiro atoms. The Hall–Kier alpha value is -8.06. The summed E-state index contributed by atoms with van der Waals surface area (Å²) in [6, 6.07) is 75.5. The van der Waals surface area contributed by atoms with Crippen molar-refractivity contribution in [2.24, 2.45) is 0 Å². The largest absolute Gasteiger partial charge is 0.295 e. The van der Waals surface area contributed by atoms with Gasteiger partial charge < -0.3 is 0 Å². The topological polar surface area (TPSA) is 48.5 Å². The van der Waals surface area contributed by atoms with Crippen molar-refractivity contribution in [2.45, 2.75) is 9.79 Å². The minimum atomic E-state index is 0.627. The van der Waals surface area contributed by atoms with E-state index in [0.717, 1.165) is 39.1 Å². The van der Waals surface area contributed by atoms with Crippen LogP contribution < -0.4 is 0 Å². The monoisotopic (exact) mass is 821 g/mol. The van der Waals surface area contributed by atoms with Gasteiger partial charge in [-0.05, 0) is 81.6 Å². The van der Waals surface area contributed by atoms with Gasteiger partial charge in [-0.1, -0.05) is 176 Å². The maximum Gasteiger partial charge on any atom is 0.164 e. The van der Waals surface area contributed by atoms with Crippen molar-refractivity contribution in [3.8, 4) is 67.8 Å². The summed E-state index contributed by atoms with van der Waals surface area (Å²) in [5, 5.41) is 6.17. The summed E-state index contributed by atoms with van der Waals surface area (Å²) in [5.74, 6) is 1.90. The van der Waals surface area contributed by atoms with Gasteiger partial charge in [0.15, 0.2) is 17.5 Å². The Kier molecular flexibility index (Phi) is 8.08. The maximum atomic E-state index is 5.16. The van der Waals surface area contributed by atoms with Gasteiger partial charge in [-0.25, -0.2) is 15.0 Å². The minimum absolute atomic E-state index is 0.627. The Labute approximate surface area is 367 Å². The molecular formula is C57H35N5S. The fourth-order valence-corrected chi connectivity index (χ4v) is 10.6. The molecule has 0 aliphatic carbocycles. The van der Waals surface area contributed by atoms with Gasteiger partial charge in [0.25, 0.3) is 0 Å². The van der Waals surface area contributed by atoms with Crippen LogP contribution in [0.3, 0.4) is 0 Å². The van der Waals surface area contributed by atoms with Crippen LogP contribution in [0.25, 0.3) is 111 Å². The molecule has 0 bridgehead atoms. The van der Waals surface area contributed by atoms with Crippen molar-refractivity contribution in [3.63, 3.8) is 0 Å². The highest BCUT2D eigenvalue weighted by Gasteiger charge is 2.28. The fraction of sp³-hybridized carbons (Fsp3) is 0. The molecule has 0 amide bonds. The first-order valence-electron chi connectivity index (χ1n) is 21.2. The minimum Gasteiger partial charge on any atom is -0.295 e. The standard InChI is InChI=1S/C57H35N5S/c1-3-15-38(16-4-1)54-58-55(39-30-28-37(29-31-39)45-23-12-17-36-14-7-8-22-44(36)45)60-56(59-54)42-19-11-18-40(34-42)41-32-33-48-47(35-41)52-46-24-13-27-51-53(46)62(49-25-9-10-26-50(49)63-51)57(52)61(48)43-20-5-2-6-21-43/h1-35H. The van der Waals surface area contributed by atoms with Crippen LogP contribution in [-0.4, -0.2) is 24.1 Å². The Balaban J connectivity index is 0.960. The van der Waals surface area contributed by atoms with Crippen LogP contribution in [-0.2, 0) is 0 Å². The van der Waals surface area contributed by atoms with Crippen molar-refractivity contribution in [1.82, 2.24) is 24.1 Å². The highest BCUT2D eigenvalue weighted by atomic mass is 32.2. The molecule has 0 radical (unpaired) electrons. The Bertz CT molecular complexity index is 3750. The molecule has 0 unspecified atom stereocenters. The summed E-state index contributed by atoms with van der Waals surface area (Å²) in [6.45, 7) is 0. The summed E-state index contributed by atoms with van der Waals surface area (Å²) < 4.78 is 4.92. The van der Waals surface area contributed by atoms with Gasteiger partial charge in [-0.15, -0.1) is 0 Å². The normalized spacial score (nSPS) is 12.1. The molecule has 0 N–H and O–H groups in total. The summed E-state index contributed by atoms with van der Waals surface area (Å²) in [7, 11) is 0. The molecule has 12 aromatic rings. The molecule has 63 heavy (non-hydrogen) atoms. The van der Waals surface area contributed by atoms with Crippen LogP contribution in [0.15, 0.2) is 222 Å². The maximum absolute atomic E-state index is 5.16. The first-order chi connectivity index (χ1) is 31.2. The van der Waals surface area contributed by atoms with Crippen LogP contribution in [0.5, 0.6) is 0 Å². The first-order valence-corrected chi connectivity index (χ1v) is 22.0. The molecule has 0 saturated heterocycles. The Morgan fingerprint density at radius 3 is 1.78 bits per heavy atom. The Morgan fingerprint density at radius 2 is 0.937 bits per heavy atom. The molecule has 1 aliphatic rings. The van der Waals surface area contributed by atoms with Gasteiger partial charge in [0.1, 0.15) is 5.65 Å². The molecule has 3 aromatic heterocycles. The van der Waals surface area contributed by atoms with E-state index >= 15 is 0 Å². The zero-order chi connectivity index (χ0) is 41.4. The van der Waals surface area contributed by atoms with E-state index in [1.54, 1.807) is 0 Å². The fourth-order valence-electron chi connectivity index (χ4n) is 9.46. The summed E-state index contributed by atoms with van der Waals surface area (Å²) >= 11 is 1.85. The van der Waals surface area contributed by atoms with E-state index in [1.807, 2.05) is 30.0 Å². The summed E-state index contributed by atoms with van der Waals surface area (Å²) in [5.41, 5.74) is 13.3. The lowest BCUT2D eigenvalue weighted by atomic mass is 9.97. The highest BCUT2D eigenvalue weighted by molar-refractivity contribution is 7.99. The molecule has 4 heterocycles. The molecule has 6 heteroatoms. The molecular weight excluding hydrogens is 787 g/mol. The number of benzene rings is 9. The average Bonchev–Trinajstić information content (AvgIpc) is 3.88. The number of hydrogen-bond donors (Lipinski definition) is 0. The zero-order valence-electron chi connectivity index (χ0n) is 33.9. The van der Waals surface area contributed by atoms with E-state index < -0.39 is 0 Å². The third-order valence-electron chi connectivity index (χ3n) is 12.4. The number of hydrogen-bond acceptors (Lipinski definition) is 4. The van der Waals surface area contributed by atoms with Crippen molar-refractivity contribution in [1.29, 1.82) is 0 Å². The molecule has 294 valence electrons. The van der Waals surface area contributed by atoms with Crippen LogP contribution in [0, 0.1) is 0 Å². The first kappa shape index (κ1) is 35.7. The predicted octanol–water partition coefficient (Wildman–Crippen LogP) is 14.9. The van der Waals surface area contributed by atoms with Gasteiger partial charge in [0, 0.05) is 48.3 Å². The third kappa shape index (κ3) is 5.76. The zero-order valence-corrected chi connectivity index (χ0v) is 34.7. The van der Waals surface area contributed by atoms with Crippen molar-refractivity contribution >= 4 is 55.4 Å². The predicted molar refractivity (Wildman–Crippen MR) is 260 cm³/mol. The quantitative estimate of drug-likeness (QED) is 0.168. The second-order valence-corrected chi connectivity index (χ2v) is 17.1. The van der Waals surface area contributed by atoms with E-state index in [0.29, 0.717) is 17.5 Å². The second-order valence-electron chi connectivity index (χ2n) is 16.0. The molecule has 5 nitrogen and oxygen atoms in total. The van der Waals surface area contributed by atoms with E-state index in [9.17, 15) is 0 Å². The number of nitrogens with zero attached hydrogens (tertiary/aromatic N) is 5. The molecule has 0 saturated carbocycles. The van der Waals surface area contributed by atoms with E-state index in [1.165, 1.54) is 64.7 Å².